The third kappa shape index (κ3) is 40.1. The van der Waals surface area contributed by atoms with Crippen molar-refractivity contribution < 1.29 is 19.1 Å². The number of methoxy groups -OCH3 is 1. The first-order valence-electron chi connectivity index (χ1n) is 23.4. The van der Waals surface area contributed by atoms with Gasteiger partial charge in [0, 0.05) is 20.1 Å². The maximum atomic E-state index is 12.1. The Morgan fingerprint density at radius 1 is 0.547 bits per heavy atom. The number of hydrogen-bond donors (Lipinski definition) is 1. The zero-order valence-electron chi connectivity index (χ0n) is 36.2. The molecule has 0 aromatic heterocycles. The summed E-state index contributed by atoms with van der Waals surface area (Å²) in [6, 6.07) is 0. The molecule has 0 spiro atoms. The molecule has 0 heterocycles. The molecule has 0 saturated heterocycles. The van der Waals surface area contributed by atoms with Crippen LogP contribution in [0.25, 0.3) is 0 Å². The molecule has 0 rings (SSSR count). The van der Waals surface area contributed by atoms with E-state index in [0.29, 0.717) is 19.6 Å². The number of unbranched alkanes of at least 4 members (excludes halogenated alkanes) is 22. The predicted octanol–water partition coefficient (Wildman–Crippen LogP) is 13.3. The van der Waals surface area contributed by atoms with Gasteiger partial charge in [0.15, 0.2) is 0 Å². The van der Waals surface area contributed by atoms with Gasteiger partial charge in [0.05, 0.1) is 0 Å². The highest BCUT2D eigenvalue weighted by Gasteiger charge is 2.10. The first kappa shape index (κ1) is 51.6. The fraction of sp³-hybridized carbons (Fsp3) is 0.915. The Balaban J connectivity index is 4.34. The van der Waals surface area contributed by atoms with Crippen molar-refractivity contribution in [2.45, 2.75) is 226 Å². The van der Waals surface area contributed by atoms with E-state index in [9.17, 15) is 9.59 Å². The SMILES string of the molecule is CCCCCC/C=C\COC(=O)CCCCCCCN(CCCCCCCC(CCCCCCCC)CCCCCCCC)CCCNC(=O)COC. The highest BCUT2D eigenvalue weighted by atomic mass is 16.5. The summed E-state index contributed by atoms with van der Waals surface area (Å²) in [6.45, 7) is 11.4. The summed E-state index contributed by atoms with van der Waals surface area (Å²) >= 11 is 0. The molecule has 53 heavy (non-hydrogen) atoms. The van der Waals surface area contributed by atoms with Crippen molar-refractivity contribution >= 4 is 11.9 Å². The van der Waals surface area contributed by atoms with Gasteiger partial charge in [0.25, 0.3) is 0 Å². The average Bonchev–Trinajstić information content (AvgIpc) is 3.15. The topological polar surface area (TPSA) is 67.9 Å². The van der Waals surface area contributed by atoms with Crippen molar-refractivity contribution in [1.82, 2.24) is 10.2 Å². The van der Waals surface area contributed by atoms with Gasteiger partial charge in [0.1, 0.15) is 13.2 Å². The Morgan fingerprint density at radius 3 is 1.53 bits per heavy atom. The predicted molar refractivity (Wildman–Crippen MR) is 230 cm³/mol. The van der Waals surface area contributed by atoms with Crippen LogP contribution >= 0.6 is 0 Å². The van der Waals surface area contributed by atoms with Gasteiger partial charge in [-0.25, -0.2) is 0 Å². The Kier molecular flexibility index (Phi) is 42.2. The molecule has 0 saturated carbocycles. The summed E-state index contributed by atoms with van der Waals surface area (Å²) in [5.41, 5.74) is 0. The van der Waals surface area contributed by atoms with Crippen LogP contribution in [0, 0.1) is 5.92 Å². The summed E-state index contributed by atoms with van der Waals surface area (Å²) in [5.74, 6) is 0.863. The highest BCUT2D eigenvalue weighted by Crippen LogP contribution is 2.25. The number of carbonyl (C=O) groups excluding carboxylic acids is 2. The van der Waals surface area contributed by atoms with E-state index in [2.05, 4.69) is 37.1 Å². The van der Waals surface area contributed by atoms with Crippen molar-refractivity contribution in [2.24, 2.45) is 5.92 Å². The Morgan fingerprint density at radius 2 is 1.00 bits per heavy atom. The minimum atomic E-state index is -0.0643. The number of nitrogens with one attached hydrogen (secondary N) is 1. The minimum Gasteiger partial charge on any atom is -0.461 e. The molecule has 6 nitrogen and oxygen atoms in total. The standard InChI is InChI=1S/C47H92N2O4/c1-5-8-11-14-17-26-33-43-53-47(51)38-30-23-19-25-32-41-49(42-34-39-48-46(50)44-52-4)40-31-24-18-22-29-37-45(35-27-20-15-12-9-6-2)36-28-21-16-13-10-7-3/h26,33,45H,5-25,27-32,34-44H2,1-4H3,(H,48,50)/b33-26-. The van der Waals surface area contributed by atoms with Crippen molar-refractivity contribution in [2.75, 3.05) is 46.5 Å². The molecular formula is C47H92N2O4. The number of nitrogens with zero attached hydrogens (tertiary/aromatic N) is 1. The molecule has 314 valence electrons. The van der Waals surface area contributed by atoms with Crippen LogP contribution in [-0.2, 0) is 19.1 Å². The van der Waals surface area contributed by atoms with E-state index in [1.165, 1.54) is 173 Å². The van der Waals surface area contributed by atoms with Crippen molar-refractivity contribution in [3.63, 3.8) is 0 Å². The Hall–Kier alpha value is -1.40. The fourth-order valence-electron chi connectivity index (χ4n) is 7.43. The molecule has 1 N–H and O–H groups in total. The first-order chi connectivity index (χ1) is 26.1. The maximum Gasteiger partial charge on any atom is 0.306 e. The Bertz CT molecular complexity index is 773. The fourth-order valence-corrected chi connectivity index (χ4v) is 7.43. The van der Waals surface area contributed by atoms with E-state index in [1.54, 1.807) is 7.11 Å². The molecule has 0 aromatic rings. The van der Waals surface area contributed by atoms with Gasteiger partial charge >= 0.3 is 5.97 Å². The molecule has 0 atom stereocenters. The number of allylic oxidation sites excluding steroid dienone is 1. The quantitative estimate of drug-likeness (QED) is 0.0382. The molecule has 0 unspecified atom stereocenters. The van der Waals surface area contributed by atoms with E-state index < -0.39 is 0 Å². The van der Waals surface area contributed by atoms with Crippen LogP contribution in [0.1, 0.15) is 226 Å². The second-order valence-electron chi connectivity index (χ2n) is 16.0. The monoisotopic (exact) mass is 749 g/mol. The van der Waals surface area contributed by atoms with E-state index in [0.717, 1.165) is 51.2 Å². The van der Waals surface area contributed by atoms with Crippen LogP contribution in [-0.4, -0.2) is 63.3 Å². The average molecular weight is 749 g/mol. The molecule has 0 radical (unpaired) electrons. The Labute approximate surface area is 331 Å². The van der Waals surface area contributed by atoms with Gasteiger partial charge in [-0.15, -0.1) is 0 Å². The zero-order valence-corrected chi connectivity index (χ0v) is 36.2. The lowest BCUT2D eigenvalue weighted by atomic mass is 9.89. The summed E-state index contributed by atoms with van der Waals surface area (Å²) in [4.78, 5) is 26.5. The van der Waals surface area contributed by atoms with Crippen LogP contribution in [0.15, 0.2) is 12.2 Å². The molecule has 0 aliphatic heterocycles. The second-order valence-corrected chi connectivity index (χ2v) is 16.0. The summed E-state index contributed by atoms with van der Waals surface area (Å²) < 4.78 is 10.3. The number of esters is 1. The minimum absolute atomic E-state index is 0.0293. The second kappa shape index (κ2) is 43.3. The molecule has 0 aromatic carbocycles. The van der Waals surface area contributed by atoms with Crippen LogP contribution in [0.5, 0.6) is 0 Å². The van der Waals surface area contributed by atoms with Crippen molar-refractivity contribution in [3.05, 3.63) is 12.2 Å². The number of amides is 1. The van der Waals surface area contributed by atoms with Crippen LogP contribution in [0.3, 0.4) is 0 Å². The third-order valence-corrected chi connectivity index (χ3v) is 10.9. The lowest BCUT2D eigenvalue weighted by Crippen LogP contribution is -2.32. The van der Waals surface area contributed by atoms with E-state index >= 15 is 0 Å². The van der Waals surface area contributed by atoms with Gasteiger partial charge in [-0.1, -0.05) is 193 Å². The van der Waals surface area contributed by atoms with Gasteiger partial charge in [-0.3, -0.25) is 9.59 Å². The van der Waals surface area contributed by atoms with Crippen molar-refractivity contribution in [1.29, 1.82) is 0 Å². The molecular weight excluding hydrogens is 657 g/mol. The van der Waals surface area contributed by atoms with Gasteiger partial charge in [-0.2, -0.15) is 0 Å². The summed E-state index contributed by atoms with van der Waals surface area (Å²) in [5, 5.41) is 2.98. The number of ether oxygens (including phenoxy) is 2. The maximum absolute atomic E-state index is 12.1. The number of carbonyl (C=O) groups is 2. The molecule has 0 bridgehead atoms. The van der Waals surface area contributed by atoms with Crippen molar-refractivity contribution in [3.8, 4) is 0 Å². The lowest BCUT2D eigenvalue weighted by Gasteiger charge is -2.22. The molecule has 1 amide bonds. The van der Waals surface area contributed by atoms with Gasteiger partial charge in [0.2, 0.25) is 5.91 Å². The molecule has 0 aliphatic rings. The van der Waals surface area contributed by atoms with Gasteiger partial charge in [-0.05, 0) is 64.1 Å². The summed E-state index contributed by atoms with van der Waals surface area (Å²) in [7, 11) is 1.56. The largest absolute Gasteiger partial charge is 0.461 e. The third-order valence-electron chi connectivity index (χ3n) is 10.9. The normalized spacial score (nSPS) is 11.7. The van der Waals surface area contributed by atoms with Gasteiger partial charge < -0.3 is 19.7 Å². The number of rotatable bonds is 43. The smallest absolute Gasteiger partial charge is 0.306 e. The van der Waals surface area contributed by atoms with E-state index in [-0.39, 0.29) is 18.5 Å². The first-order valence-corrected chi connectivity index (χ1v) is 23.4. The molecule has 0 aliphatic carbocycles. The molecule has 6 heteroatoms. The molecule has 0 fully saturated rings. The lowest BCUT2D eigenvalue weighted by molar-refractivity contribution is -0.142. The van der Waals surface area contributed by atoms with Crippen LogP contribution in [0.4, 0.5) is 0 Å². The van der Waals surface area contributed by atoms with Crippen LogP contribution in [0.2, 0.25) is 0 Å². The highest BCUT2D eigenvalue weighted by molar-refractivity contribution is 5.77. The summed E-state index contributed by atoms with van der Waals surface area (Å²) in [6.07, 6.45) is 45.5. The van der Waals surface area contributed by atoms with E-state index in [4.69, 9.17) is 9.47 Å². The number of hydrogen-bond acceptors (Lipinski definition) is 5. The zero-order chi connectivity index (χ0) is 38.7. The van der Waals surface area contributed by atoms with E-state index in [1.807, 2.05) is 6.08 Å². The van der Waals surface area contributed by atoms with Crippen LogP contribution < -0.4 is 5.32 Å².